The van der Waals surface area contributed by atoms with Crippen molar-refractivity contribution in [2.75, 3.05) is 19.6 Å². The van der Waals surface area contributed by atoms with Crippen LogP contribution in [0.3, 0.4) is 0 Å². The maximum atomic E-state index is 12.2. The van der Waals surface area contributed by atoms with Gasteiger partial charge in [-0.3, -0.25) is 4.98 Å². The van der Waals surface area contributed by atoms with Crippen molar-refractivity contribution in [3.63, 3.8) is 0 Å². The number of carbonyl (C=O) groups is 1. The minimum atomic E-state index is -2.05. The van der Waals surface area contributed by atoms with Crippen LogP contribution in [0.25, 0.3) is 0 Å². The Kier molecular flexibility index (Phi) is 7.39. The van der Waals surface area contributed by atoms with Crippen LogP contribution in [0.15, 0.2) is 116 Å². The van der Waals surface area contributed by atoms with E-state index in [1.54, 1.807) is 18.3 Å². The molecule has 0 unspecified atom stereocenters. The van der Waals surface area contributed by atoms with Gasteiger partial charge in [0.05, 0.1) is 12.2 Å². The van der Waals surface area contributed by atoms with Gasteiger partial charge < -0.3 is 9.47 Å². The average Bonchev–Trinajstić information content (AvgIpc) is 2.88. The number of hydrogen-bond donors (Lipinski definition) is 0. The third-order valence-corrected chi connectivity index (χ3v) is 9.34. The van der Waals surface area contributed by atoms with E-state index in [2.05, 4.69) is 77.8 Å². The van der Waals surface area contributed by atoms with E-state index in [9.17, 15) is 4.79 Å². The highest BCUT2D eigenvalue weighted by Gasteiger charge is 2.45. The molecule has 0 spiro atoms. The van der Waals surface area contributed by atoms with Crippen molar-refractivity contribution in [3.05, 3.63) is 121 Å². The minimum absolute atomic E-state index is 0.187. The number of rotatable bonds is 9. The fourth-order valence-corrected chi connectivity index (χ4v) is 7.47. The third kappa shape index (κ3) is 4.94. The van der Waals surface area contributed by atoms with Gasteiger partial charge in [-0.2, -0.15) is 0 Å². The summed E-state index contributed by atoms with van der Waals surface area (Å²) in [6.45, 7) is 0.506. The molecule has 0 aliphatic carbocycles. The zero-order valence-electron chi connectivity index (χ0n) is 17.7. The Hall–Kier alpha value is -3.33. The van der Waals surface area contributed by atoms with Crippen molar-refractivity contribution in [2.45, 2.75) is 0 Å². The lowest BCUT2D eigenvalue weighted by molar-refractivity contribution is 0.0371. The lowest BCUT2D eigenvalue weighted by atomic mass is 10.3. The van der Waals surface area contributed by atoms with Gasteiger partial charge in [0.2, 0.25) is 0 Å². The molecule has 4 aromatic rings. The first kappa shape index (κ1) is 21.9. The topological polar surface area (TPSA) is 48.4 Å². The normalized spacial score (nSPS) is 11.1. The first-order valence-corrected chi connectivity index (χ1v) is 12.5. The van der Waals surface area contributed by atoms with Crippen molar-refractivity contribution in [2.24, 2.45) is 0 Å². The molecule has 0 saturated heterocycles. The minimum Gasteiger partial charge on any atom is -0.460 e. The van der Waals surface area contributed by atoms with Crippen LogP contribution in [0.1, 0.15) is 10.4 Å². The number of carbonyl (C=O) groups excluding carboxylic acids is 1. The molecule has 0 N–H and O–H groups in total. The third-order valence-electron chi connectivity index (χ3n) is 5.23. The van der Waals surface area contributed by atoms with Crippen LogP contribution in [0.5, 0.6) is 0 Å². The fraction of sp³-hybridized carbons (Fsp3) is 0.111. The van der Waals surface area contributed by atoms with Crippen LogP contribution in [0.4, 0.5) is 0 Å². The summed E-state index contributed by atoms with van der Waals surface area (Å²) in [7, 11) is -2.05. The SMILES string of the molecule is O=C(OCCOC[P+](c1ccccc1)(c1ccccc1)c1ccccc1)c1cccnc1. The molecule has 32 heavy (non-hydrogen) atoms. The zero-order chi connectivity index (χ0) is 22.1. The van der Waals surface area contributed by atoms with Gasteiger partial charge in [-0.25, -0.2) is 4.79 Å². The molecule has 1 heterocycles. The molecule has 4 nitrogen and oxygen atoms in total. The van der Waals surface area contributed by atoms with Crippen molar-refractivity contribution in [1.29, 1.82) is 0 Å². The van der Waals surface area contributed by atoms with Crippen molar-refractivity contribution < 1.29 is 14.3 Å². The number of esters is 1. The van der Waals surface area contributed by atoms with Crippen LogP contribution >= 0.6 is 7.26 Å². The summed E-state index contributed by atoms with van der Waals surface area (Å²) in [5, 5.41) is 3.76. The largest absolute Gasteiger partial charge is 0.460 e. The molecule has 0 radical (unpaired) electrons. The fourth-order valence-electron chi connectivity index (χ4n) is 3.68. The second-order valence-electron chi connectivity index (χ2n) is 7.23. The van der Waals surface area contributed by atoms with E-state index < -0.39 is 13.2 Å². The Bertz CT molecular complexity index is 1010. The molecule has 0 aliphatic rings. The first-order valence-electron chi connectivity index (χ1n) is 10.5. The van der Waals surface area contributed by atoms with Gasteiger partial charge in [0, 0.05) is 12.4 Å². The quantitative estimate of drug-likeness (QED) is 0.221. The zero-order valence-corrected chi connectivity index (χ0v) is 18.6. The van der Waals surface area contributed by atoms with E-state index in [1.807, 2.05) is 18.2 Å². The molecule has 0 bridgehead atoms. The van der Waals surface area contributed by atoms with Gasteiger partial charge in [-0.15, -0.1) is 0 Å². The summed E-state index contributed by atoms with van der Waals surface area (Å²) in [6, 6.07) is 35.0. The van der Waals surface area contributed by atoms with Crippen molar-refractivity contribution in [1.82, 2.24) is 4.98 Å². The average molecular weight is 442 g/mol. The Morgan fingerprint density at radius 1 is 0.688 bits per heavy atom. The monoisotopic (exact) mass is 442 g/mol. The maximum Gasteiger partial charge on any atom is 0.339 e. The summed E-state index contributed by atoms with van der Waals surface area (Å²) in [5.41, 5.74) is 0.437. The van der Waals surface area contributed by atoms with E-state index in [1.165, 1.54) is 22.1 Å². The van der Waals surface area contributed by atoms with Gasteiger partial charge >= 0.3 is 5.97 Å². The number of benzene rings is 3. The van der Waals surface area contributed by atoms with E-state index in [0.29, 0.717) is 18.5 Å². The smallest absolute Gasteiger partial charge is 0.339 e. The van der Waals surface area contributed by atoms with Crippen LogP contribution in [-0.4, -0.2) is 30.5 Å². The predicted octanol–water partition coefficient (Wildman–Crippen LogP) is 4.21. The molecule has 0 saturated carbocycles. The Labute approximate surface area is 189 Å². The number of ether oxygens (including phenoxy) is 2. The van der Waals surface area contributed by atoms with Crippen LogP contribution < -0.4 is 15.9 Å². The van der Waals surface area contributed by atoms with Gasteiger partial charge in [0.15, 0.2) is 6.35 Å². The van der Waals surface area contributed by atoms with Gasteiger partial charge in [-0.1, -0.05) is 54.6 Å². The highest BCUT2D eigenvalue weighted by atomic mass is 31.2. The Morgan fingerprint density at radius 2 is 1.22 bits per heavy atom. The highest BCUT2D eigenvalue weighted by molar-refractivity contribution is 7.95. The molecular formula is C27H25NO3P+. The molecule has 160 valence electrons. The summed E-state index contributed by atoms with van der Waals surface area (Å²) in [5.74, 6) is -0.392. The van der Waals surface area contributed by atoms with Gasteiger partial charge in [0.25, 0.3) is 0 Å². The Morgan fingerprint density at radius 3 is 1.69 bits per heavy atom. The lowest BCUT2D eigenvalue weighted by Crippen LogP contribution is -2.34. The lowest BCUT2D eigenvalue weighted by Gasteiger charge is -2.27. The molecule has 5 heteroatoms. The van der Waals surface area contributed by atoms with E-state index in [4.69, 9.17) is 9.47 Å². The molecule has 0 atom stereocenters. The van der Waals surface area contributed by atoms with Gasteiger partial charge in [0.1, 0.15) is 29.8 Å². The van der Waals surface area contributed by atoms with E-state index in [0.717, 1.165) is 0 Å². The predicted molar refractivity (Wildman–Crippen MR) is 130 cm³/mol. The second-order valence-corrected chi connectivity index (χ2v) is 10.7. The molecular weight excluding hydrogens is 417 g/mol. The molecule has 4 rings (SSSR count). The summed E-state index contributed by atoms with van der Waals surface area (Å²) < 4.78 is 11.6. The number of nitrogens with zero attached hydrogens (tertiary/aromatic N) is 1. The van der Waals surface area contributed by atoms with E-state index in [-0.39, 0.29) is 6.61 Å². The molecule has 0 fully saturated rings. The number of hydrogen-bond acceptors (Lipinski definition) is 4. The molecule has 0 amide bonds. The first-order chi connectivity index (χ1) is 15.8. The van der Waals surface area contributed by atoms with Gasteiger partial charge in [-0.05, 0) is 48.5 Å². The summed E-state index contributed by atoms with van der Waals surface area (Å²) >= 11 is 0. The van der Waals surface area contributed by atoms with Crippen molar-refractivity contribution in [3.8, 4) is 0 Å². The molecule has 0 aliphatic heterocycles. The molecule has 1 aromatic heterocycles. The van der Waals surface area contributed by atoms with Crippen LogP contribution in [0, 0.1) is 0 Å². The second kappa shape index (κ2) is 10.8. The molecule has 3 aromatic carbocycles. The summed E-state index contributed by atoms with van der Waals surface area (Å²) in [4.78, 5) is 16.1. The van der Waals surface area contributed by atoms with E-state index >= 15 is 0 Å². The van der Waals surface area contributed by atoms with Crippen molar-refractivity contribution >= 4 is 29.1 Å². The standard InChI is InChI=1S/C27H25NO3P/c29-27(23-11-10-18-28-21-23)31-20-19-30-22-32(24-12-4-1-5-13-24,25-14-6-2-7-15-25)26-16-8-3-9-17-26/h1-18,21H,19-20,22H2/q+1. The maximum absolute atomic E-state index is 12.2. The van der Waals surface area contributed by atoms with Crippen LogP contribution in [-0.2, 0) is 9.47 Å². The highest BCUT2D eigenvalue weighted by Crippen LogP contribution is 2.55. The Balaban J connectivity index is 1.55. The number of aromatic nitrogens is 1. The summed E-state index contributed by atoms with van der Waals surface area (Å²) in [6.07, 6.45) is 3.65. The van der Waals surface area contributed by atoms with Crippen LogP contribution in [0.2, 0.25) is 0 Å². The number of pyridine rings is 1.